The number of ether oxygens (including phenoxy) is 1. The summed E-state index contributed by atoms with van der Waals surface area (Å²) >= 11 is 0. The van der Waals surface area contributed by atoms with Crippen molar-refractivity contribution in [2.45, 2.75) is 45.7 Å². The third kappa shape index (κ3) is 2.72. The fraction of sp³-hybridized carbons (Fsp3) is 0.533. The molecule has 1 N–H and O–H groups in total. The highest BCUT2D eigenvalue weighted by Gasteiger charge is 2.31. The number of nitrogens with one attached hydrogen (secondary N) is 1. The van der Waals surface area contributed by atoms with Crippen LogP contribution in [0.25, 0.3) is 0 Å². The fourth-order valence-corrected chi connectivity index (χ4v) is 2.18. The Morgan fingerprint density at radius 2 is 1.83 bits per heavy atom. The smallest absolute Gasteiger partial charge is 0.327 e. The Balaban J connectivity index is 2.34. The first-order valence-electron chi connectivity index (χ1n) is 6.44. The summed E-state index contributed by atoms with van der Waals surface area (Å²) < 4.78 is 4.92. The molecule has 1 fully saturated rings. The van der Waals surface area contributed by atoms with E-state index in [1.165, 1.54) is 18.2 Å². The first kappa shape index (κ1) is 13.1. The largest absolute Gasteiger partial charge is 0.468 e. The van der Waals surface area contributed by atoms with E-state index in [1.807, 2.05) is 6.92 Å². The number of hydrogen-bond donors (Lipinski definition) is 1. The van der Waals surface area contributed by atoms with Crippen molar-refractivity contribution in [2.24, 2.45) is 0 Å². The molecule has 0 aliphatic heterocycles. The summed E-state index contributed by atoms with van der Waals surface area (Å²) in [4.78, 5) is 11.9. The molecule has 0 amide bonds. The number of carbonyl (C=O) groups is 1. The van der Waals surface area contributed by atoms with E-state index in [-0.39, 0.29) is 12.0 Å². The number of benzene rings is 1. The lowest BCUT2D eigenvalue weighted by Gasteiger charge is -2.20. The van der Waals surface area contributed by atoms with E-state index >= 15 is 0 Å². The molecule has 0 spiro atoms. The zero-order valence-electron chi connectivity index (χ0n) is 11.5. The van der Waals surface area contributed by atoms with Crippen molar-refractivity contribution in [3.05, 3.63) is 34.4 Å². The number of carbonyl (C=O) groups excluding carboxylic acids is 1. The number of methoxy groups -OCH3 is 1. The first-order chi connectivity index (χ1) is 8.52. The Kier molecular flexibility index (Phi) is 3.71. The van der Waals surface area contributed by atoms with Gasteiger partial charge in [0.15, 0.2) is 0 Å². The van der Waals surface area contributed by atoms with Crippen LogP contribution in [-0.2, 0) is 9.53 Å². The lowest BCUT2D eigenvalue weighted by atomic mass is 9.95. The van der Waals surface area contributed by atoms with E-state index in [0.29, 0.717) is 6.04 Å². The Morgan fingerprint density at radius 1 is 1.22 bits per heavy atom. The van der Waals surface area contributed by atoms with Crippen molar-refractivity contribution in [3.8, 4) is 0 Å². The Labute approximate surface area is 109 Å². The maximum Gasteiger partial charge on any atom is 0.327 e. The normalized spacial score (nSPS) is 16.4. The number of aryl methyl sites for hydroxylation is 3. The van der Waals surface area contributed by atoms with Crippen LogP contribution in [0.15, 0.2) is 12.1 Å². The van der Waals surface area contributed by atoms with Crippen LogP contribution in [0, 0.1) is 20.8 Å². The first-order valence-corrected chi connectivity index (χ1v) is 6.44. The highest BCUT2D eigenvalue weighted by atomic mass is 16.5. The van der Waals surface area contributed by atoms with Gasteiger partial charge in [0.1, 0.15) is 6.04 Å². The van der Waals surface area contributed by atoms with Crippen LogP contribution in [0.1, 0.15) is 41.1 Å². The summed E-state index contributed by atoms with van der Waals surface area (Å²) in [5.74, 6) is -0.201. The average molecular weight is 247 g/mol. The van der Waals surface area contributed by atoms with Gasteiger partial charge in [0.25, 0.3) is 0 Å². The maximum absolute atomic E-state index is 11.9. The molecule has 3 heteroatoms. The van der Waals surface area contributed by atoms with Gasteiger partial charge in [-0.15, -0.1) is 0 Å². The summed E-state index contributed by atoms with van der Waals surface area (Å²) in [7, 11) is 1.44. The van der Waals surface area contributed by atoms with Gasteiger partial charge in [-0.1, -0.05) is 12.1 Å². The quantitative estimate of drug-likeness (QED) is 0.831. The number of hydrogen-bond acceptors (Lipinski definition) is 3. The minimum absolute atomic E-state index is 0.201. The van der Waals surface area contributed by atoms with E-state index in [4.69, 9.17) is 4.74 Å². The van der Waals surface area contributed by atoms with Crippen LogP contribution in [0.5, 0.6) is 0 Å². The van der Waals surface area contributed by atoms with Gasteiger partial charge in [0.05, 0.1) is 7.11 Å². The molecule has 2 rings (SSSR count). The van der Waals surface area contributed by atoms with E-state index in [2.05, 4.69) is 31.3 Å². The zero-order valence-corrected chi connectivity index (χ0v) is 11.5. The van der Waals surface area contributed by atoms with Crippen molar-refractivity contribution in [2.75, 3.05) is 7.11 Å². The monoisotopic (exact) mass is 247 g/mol. The van der Waals surface area contributed by atoms with E-state index in [9.17, 15) is 4.79 Å². The van der Waals surface area contributed by atoms with Crippen LogP contribution in [-0.4, -0.2) is 19.1 Å². The molecule has 1 aromatic rings. The van der Waals surface area contributed by atoms with E-state index < -0.39 is 0 Å². The topological polar surface area (TPSA) is 38.3 Å². The van der Waals surface area contributed by atoms with Crippen molar-refractivity contribution in [1.29, 1.82) is 0 Å². The summed E-state index contributed by atoms with van der Waals surface area (Å²) in [6.45, 7) is 6.21. The van der Waals surface area contributed by atoms with Gasteiger partial charge in [-0.2, -0.15) is 0 Å². The van der Waals surface area contributed by atoms with Gasteiger partial charge in [-0.25, -0.2) is 4.79 Å². The van der Waals surface area contributed by atoms with E-state index in [0.717, 1.165) is 24.0 Å². The predicted octanol–water partition coefficient (Wildman–Crippen LogP) is 2.58. The van der Waals surface area contributed by atoms with Crippen molar-refractivity contribution in [1.82, 2.24) is 5.32 Å². The average Bonchev–Trinajstić information content (AvgIpc) is 3.14. The van der Waals surface area contributed by atoms with E-state index in [1.54, 1.807) is 0 Å². The molecule has 1 aromatic carbocycles. The molecule has 1 unspecified atom stereocenters. The minimum Gasteiger partial charge on any atom is -0.468 e. The summed E-state index contributed by atoms with van der Waals surface area (Å²) in [6, 6.07) is 4.37. The number of rotatable bonds is 4. The Morgan fingerprint density at radius 3 is 2.39 bits per heavy atom. The molecule has 0 heterocycles. The van der Waals surface area contributed by atoms with Gasteiger partial charge in [0, 0.05) is 6.04 Å². The fourth-order valence-electron chi connectivity index (χ4n) is 2.18. The molecule has 0 aromatic heterocycles. The Bertz CT molecular complexity index is 464. The molecule has 0 radical (unpaired) electrons. The SMILES string of the molecule is COC(=O)C(NC1CC1)c1cc(C)c(C)cc1C. The summed E-state index contributed by atoms with van der Waals surface area (Å²) in [5.41, 5.74) is 4.65. The van der Waals surface area contributed by atoms with Crippen molar-refractivity contribution >= 4 is 5.97 Å². The van der Waals surface area contributed by atoms with Gasteiger partial charge >= 0.3 is 5.97 Å². The van der Waals surface area contributed by atoms with Gasteiger partial charge in [-0.05, 0) is 55.9 Å². The molecule has 98 valence electrons. The molecule has 18 heavy (non-hydrogen) atoms. The lowest BCUT2D eigenvalue weighted by molar-refractivity contribution is -0.143. The molecule has 0 saturated heterocycles. The molecule has 0 bridgehead atoms. The summed E-state index contributed by atoms with van der Waals surface area (Å²) in [5, 5.41) is 3.37. The molecule has 3 nitrogen and oxygen atoms in total. The molecule has 1 aliphatic carbocycles. The predicted molar refractivity (Wildman–Crippen MR) is 71.6 cm³/mol. The highest BCUT2D eigenvalue weighted by Crippen LogP contribution is 2.28. The van der Waals surface area contributed by atoms with Crippen LogP contribution in [0.3, 0.4) is 0 Å². The van der Waals surface area contributed by atoms with Crippen LogP contribution in [0.2, 0.25) is 0 Å². The zero-order chi connectivity index (χ0) is 13.3. The number of esters is 1. The van der Waals surface area contributed by atoms with Gasteiger partial charge < -0.3 is 4.74 Å². The second-order valence-electron chi connectivity index (χ2n) is 5.19. The van der Waals surface area contributed by atoms with Crippen LogP contribution < -0.4 is 5.32 Å². The molecular weight excluding hydrogens is 226 g/mol. The highest BCUT2D eigenvalue weighted by molar-refractivity contribution is 5.78. The van der Waals surface area contributed by atoms with Crippen LogP contribution in [0.4, 0.5) is 0 Å². The molecule has 1 aliphatic rings. The molecule has 1 atom stereocenters. The third-order valence-electron chi connectivity index (χ3n) is 3.61. The molecule has 1 saturated carbocycles. The summed E-state index contributed by atoms with van der Waals surface area (Å²) in [6.07, 6.45) is 2.30. The molecular formula is C15H21NO2. The second-order valence-corrected chi connectivity index (χ2v) is 5.19. The van der Waals surface area contributed by atoms with Gasteiger partial charge in [-0.3, -0.25) is 5.32 Å². The van der Waals surface area contributed by atoms with Gasteiger partial charge in [0.2, 0.25) is 0 Å². The lowest BCUT2D eigenvalue weighted by Crippen LogP contribution is -2.31. The standard InChI is InChI=1S/C15H21NO2/c1-9-7-11(3)13(8-10(9)2)14(15(17)18-4)16-12-5-6-12/h7-8,12,14,16H,5-6H2,1-4H3. The van der Waals surface area contributed by atoms with Crippen molar-refractivity contribution < 1.29 is 9.53 Å². The maximum atomic E-state index is 11.9. The Hall–Kier alpha value is -1.35. The second kappa shape index (κ2) is 5.11. The minimum atomic E-state index is -0.332. The van der Waals surface area contributed by atoms with Crippen LogP contribution >= 0.6 is 0 Å². The van der Waals surface area contributed by atoms with Crippen molar-refractivity contribution in [3.63, 3.8) is 0 Å². The third-order valence-corrected chi connectivity index (χ3v) is 3.61.